The molecule has 0 aliphatic heterocycles. The van der Waals surface area contributed by atoms with E-state index in [2.05, 4.69) is 59.8 Å². The fourth-order valence-corrected chi connectivity index (χ4v) is 9.30. The molecule has 0 amide bonds. The van der Waals surface area contributed by atoms with Gasteiger partial charge in [-0.05, 0) is 146 Å². The van der Waals surface area contributed by atoms with Crippen LogP contribution in [0.5, 0.6) is 0 Å². The van der Waals surface area contributed by atoms with Crippen molar-refractivity contribution in [3.63, 3.8) is 0 Å². The minimum Gasteiger partial charge on any atom is 0 e. The number of carbonyl (C=O) groups is 12. The Hall–Kier alpha value is -12.9. The van der Waals surface area contributed by atoms with Crippen LogP contribution in [-0.4, -0.2) is 193 Å². The first-order chi connectivity index (χ1) is 54.8. The van der Waals surface area contributed by atoms with Gasteiger partial charge in [0.1, 0.15) is 0 Å². The average Bonchev–Trinajstić information content (AvgIpc) is 0.886. The Bertz CT molecular complexity index is 5190. The zero-order chi connectivity index (χ0) is 85.4. The van der Waals surface area contributed by atoms with Gasteiger partial charge in [-0.3, -0.25) is 39.9 Å². The van der Waals surface area contributed by atoms with Gasteiger partial charge >= 0.3 is 156 Å². The summed E-state index contributed by atoms with van der Waals surface area (Å²) < 4.78 is 0. The van der Waals surface area contributed by atoms with E-state index in [0.29, 0.717) is 22.8 Å². The van der Waals surface area contributed by atoms with Gasteiger partial charge in [0.15, 0.2) is 0 Å². The van der Waals surface area contributed by atoms with Crippen LogP contribution in [0.4, 0.5) is 0 Å². The maximum atomic E-state index is 11.8. The minimum atomic E-state index is -3.17. The van der Waals surface area contributed by atoms with Crippen LogP contribution in [0, 0.1) is 0 Å². The van der Waals surface area contributed by atoms with E-state index in [1.54, 1.807) is 0 Å². The summed E-state index contributed by atoms with van der Waals surface area (Å²) in [5, 5.41) is 111. The van der Waals surface area contributed by atoms with Gasteiger partial charge in [-0.2, -0.15) is 0 Å². The average molecular weight is 2240 g/mol. The molecular formula is C72H44Cl6N12O24Os3. The molecule has 0 radical (unpaired) electrons. The molecule has 45 heteroatoms. The molecule has 12 N–H and O–H groups in total. The summed E-state index contributed by atoms with van der Waals surface area (Å²) in [4.78, 5) is 185. The second-order valence-corrected chi connectivity index (χ2v) is 47.7. The van der Waals surface area contributed by atoms with E-state index < -0.39 is 98.1 Å². The van der Waals surface area contributed by atoms with Crippen LogP contribution in [0.2, 0.25) is 0 Å². The summed E-state index contributed by atoms with van der Waals surface area (Å²) in [6.45, 7) is 0. The van der Waals surface area contributed by atoms with E-state index in [-0.39, 0.29) is 155 Å². The number of rotatable bonds is 20. The number of hydrogen-bond donors (Lipinski definition) is 12. The van der Waals surface area contributed by atoms with Crippen molar-refractivity contribution in [1.29, 1.82) is 0 Å². The van der Waals surface area contributed by atoms with Crippen LogP contribution in [-0.2, 0) is 46.2 Å². The van der Waals surface area contributed by atoms with Crippen molar-refractivity contribution in [3.8, 4) is 91.1 Å². The molecule has 36 nitrogen and oxygen atoms in total. The number of aromatic nitrogens is 12. The molecule has 0 spiro atoms. The molecule has 0 saturated carbocycles. The molecule has 0 aromatic carbocycles. The smallest absolute Gasteiger partial charge is 0 e. The van der Waals surface area contributed by atoms with E-state index in [9.17, 15) is 98.4 Å². The van der Waals surface area contributed by atoms with E-state index in [1.807, 2.05) is 0 Å². The number of aromatic carboxylic acids is 12. The van der Waals surface area contributed by atoms with Gasteiger partial charge in [0.25, 0.3) is 0 Å². The maximum Gasteiger partial charge on any atom is 0 e. The molecule has 0 aliphatic carbocycles. The normalized spacial score (nSPS) is 10.4. The predicted molar refractivity (Wildman–Crippen MR) is 401 cm³/mol. The molecule has 0 saturated heterocycles. The van der Waals surface area contributed by atoms with Gasteiger partial charge in [-0.1, -0.05) is 0 Å². The van der Waals surface area contributed by atoms with Crippen molar-refractivity contribution in [2.75, 3.05) is 0 Å². The third-order valence-corrected chi connectivity index (χ3v) is 14.4. The van der Waals surface area contributed by atoms with Crippen LogP contribution in [0.1, 0.15) is 124 Å². The van der Waals surface area contributed by atoms with Crippen molar-refractivity contribution in [1.82, 2.24) is 59.8 Å². The fourth-order valence-electron chi connectivity index (χ4n) is 9.30. The molecular weight excluding hydrogens is 2200 g/mol. The quantitative estimate of drug-likeness (QED) is 0.0337. The van der Waals surface area contributed by atoms with Gasteiger partial charge in [-0.25, -0.2) is 77.5 Å². The molecule has 117 heavy (non-hydrogen) atoms. The first-order valence-corrected chi connectivity index (χ1v) is 49.7. The molecule has 0 bridgehead atoms. The molecule has 0 aliphatic rings. The Morgan fingerprint density at radius 1 is 0.205 bits per heavy atom. The van der Waals surface area contributed by atoms with E-state index in [1.165, 1.54) is 195 Å². The van der Waals surface area contributed by atoms with Crippen LogP contribution in [0.15, 0.2) is 195 Å². The van der Waals surface area contributed by atoms with Gasteiger partial charge < -0.3 is 61.3 Å². The molecule has 12 heterocycles. The van der Waals surface area contributed by atoms with Crippen molar-refractivity contribution in [3.05, 3.63) is 262 Å². The topological polar surface area (TPSA) is 602 Å². The Morgan fingerprint density at radius 2 is 0.291 bits per heavy atom. The number of carboxylic acid groups (broad SMARTS) is 12. The van der Waals surface area contributed by atoms with Gasteiger partial charge in [0.05, 0.1) is 158 Å². The van der Waals surface area contributed by atoms with Crippen LogP contribution >= 0.6 is 57.8 Å². The number of carboxylic acids is 12. The Kier molecular flexibility index (Phi) is 34.2. The predicted octanol–water partition coefficient (Wildman–Crippen LogP) is 13.3. The van der Waals surface area contributed by atoms with Gasteiger partial charge in [0.2, 0.25) is 0 Å². The third kappa shape index (κ3) is 27.7. The summed E-state index contributed by atoms with van der Waals surface area (Å²) in [6.07, 6.45) is 10.3. The van der Waals surface area contributed by atoms with Crippen molar-refractivity contribution >= 4 is 129 Å². The van der Waals surface area contributed by atoms with E-state index >= 15 is 0 Å². The standard InChI is InChI=1S/2C24H14N4O8.2C12H8N2O4.6ClH.3Os/c2*29-21(30)11-1-3-25-15(5-11)17-7-13(23(33)34)9-19(27-17)20-10-14(24(35)36)8-18(28-20)16-6-12(22(31)32)2-4-26-16;2*15-11(16)7-1-3-13-9(5-7)10-6-8(12(17)18)2-4-14-10;;;;;;;;;/h2*1-10H,(H,29,30)(H,31,32)(H,33,34)(H,35,36);2*1-6H,(H,15,16)(H,17,18);6*1H;;;/q;;;;;;;;;;;+2;+4/p-6. The van der Waals surface area contributed by atoms with Crippen molar-refractivity contribution in [2.24, 2.45) is 0 Å². The largest absolute Gasteiger partial charge is 0 e. The van der Waals surface area contributed by atoms with Gasteiger partial charge in [-0.15, -0.1) is 0 Å². The Labute approximate surface area is 701 Å². The second-order valence-electron chi connectivity index (χ2n) is 22.0. The third-order valence-electron chi connectivity index (χ3n) is 14.4. The van der Waals surface area contributed by atoms with Crippen molar-refractivity contribution < 1.29 is 165 Å². The number of halogens is 6. The minimum absolute atomic E-state index is 0. The summed E-state index contributed by atoms with van der Waals surface area (Å²) in [5.74, 6) is -14.5. The number of hydrogen-bond acceptors (Lipinski definition) is 24. The SMILES string of the molecule is O=C(O)c1ccnc(-c2cc(C(=O)O)cc(-c3cc(C(=O)O)cc(-c4cc(C(=O)O)ccn4)n3)n2)c1.O=C(O)c1ccnc(-c2cc(C(=O)O)cc(-c3cc(C(=O)O)cc(-c4cc(C(=O)O)ccn4)n3)n2)c1.O=C(O)c1ccnc(-c2cc(C(=O)O)ccn2)c1.O=C(O)c1ccnc(-c2cc(C(=O)O)ccn2)c1.[Cl][Os]([Cl])([Cl])[Cl].[Cl][Os][Cl].[Os]. The molecule has 0 unspecified atom stereocenters. The number of nitrogens with zero attached hydrogens (tertiary/aromatic N) is 12. The number of pyridine rings is 12. The van der Waals surface area contributed by atoms with Crippen molar-refractivity contribution in [2.45, 2.75) is 0 Å². The Morgan fingerprint density at radius 3 is 0.393 bits per heavy atom. The zero-order valence-corrected chi connectivity index (χ0v) is 69.6. The molecule has 602 valence electrons. The molecule has 12 aromatic heterocycles. The Balaban J connectivity index is 0.000000244. The van der Waals surface area contributed by atoms with E-state index in [4.69, 9.17) is 78.3 Å². The molecule has 0 atom stereocenters. The maximum absolute atomic E-state index is 11.8. The molecule has 0 fully saturated rings. The fraction of sp³-hybridized carbons (Fsp3) is 0. The first-order valence-electron chi connectivity index (χ1n) is 30.8. The van der Waals surface area contributed by atoms with Gasteiger partial charge in [0, 0.05) is 69.4 Å². The summed E-state index contributed by atoms with van der Waals surface area (Å²) in [7, 11) is 29.9. The summed E-state index contributed by atoms with van der Waals surface area (Å²) in [6, 6.07) is 30.2. The molecule has 12 rings (SSSR count). The second kappa shape index (κ2) is 43.0. The summed E-state index contributed by atoms with van der Waals surface area (Å²) in [5.41, 5.74) is 0.477. The van der Waals surface area contributed by atoms with Crippen LogP contribution in [0.25, 0.3) is 91.1 Å². The van der Waals surface area contributed by atoms with E-state index in [0.717, 1.165) is 0 Å². The van der Waals surface area contributed by atoms with Crippen LogP contribution in [0.3, 0.4) is 0 Å². The first kappa shape index (κ1) is 93.0. The van der Waals surface area contributed by atoms with Crippen LogP contribution < -0.4 is 0 Å². The monoisotopic (exact) mass is 2250 g/mol. The molecule has 12 aromatic rings. The zero-order valence-electron chi connectivity index (χ0n) is 57.4. The summed E-state index contributed by atoms with van der Waals surface area (Å²) >= 11 is -3.81.